The highest BCUT2D eigenvalue weighted by atomic mass is 79.9. The van der Waals surface area contributed by atoms with Gasteiger partial charge in [-0.25, -0.2) is 19.7 Å². The van der Waals surface area contributed by atoms with E-state index in [1.165, 1.54) is 29.8 Å². The third-order valence-corrected chi connectivity index (χ3v) is 6.80. The van der Waals surface area contributed by atoms with Crippen LogP contribution in [0.25, 0.3) is 10.2 Å². The average Bonchev–Trinajstić information content (AvgIpc) is 3.33. The molecule has 0 aliphatic heterocycles. The SMILES string of the molecule is O=C(Nc1ccc(C(F)(F)F)cc1)Nc1ncc(CCNc2ncnc3cc(Br)sc23)s1. The molecule has 0 saturated heterocycles. The molecule has 3 heterocycles. The number of carbonyl (C=O) groups excluding carboxylic acids is 1. The van der Waals surface area contributed by atoms with Crippen molar-refractivity contribution in [1.29, 1.82) is 0 Å². The number of nitrogens with one attached hydrogen (secondary N) is 3. The van der Waals surface area contributed by atoms with Crippen molar-refractivity contribution in [3.63, 3.8) is 0 Å². The summed E-state index contributed by atoms with van der Waals surface area (Å²) in [6.07, 6.45) is -0.587. The smallest absolute Gasteiger partial charge is 0.368 e. The molecule has 4 rings (SSSR count). The molecule has 0 aliphatic carbocycles. The van der Waals surface area contributed by atoms with E-state index in [-0.39, 0.29) is 5.69 Å². The molecule has 7 nitrogen and oxygen atoms in total. The Morgan fingerprint density at radius 2 is 1.84 bits per heavy atom. The van der Waals surface area contributed by atoms with Gasteiger partial charge in [-0.1, -0.05) is 0 Å². The molecule has 1 aromatic carbocycles. The van der Waals surface area contributed by atoms with Crippen molar-refractivity contribution in [2.75, 3.05) is 22.5 Å². The third kappa shape index (κ3) is 5.53. The maximum absolute atomic E-state index is 12.6. The second-order valence-electron chi connectivity index (χ2n) is 6.45. The van der Waals surface area contributed by atoms with E-state index in [0.717, 1.165) is 36.8 Å². The predicted molar refractivity (Wildman–Crippen MR) is 124 cm³/mol. The molecular formula is C19H14BrF3N6OS2. The zero-order valence-electron chi connectivity index (χ0n) is 16.0. The fourth-order valence-electron chi connectivity index (χ4n) is 2.74. The summed E-state index contributed by atoms with van der Waals surface area (Å²) in [6, 6.07) is 5.55. The van der Waals surface area contributed by atoms with Crippen molar-refractivity contribution >= 4 is 71.5 Å². The number of halogens is 4. The molecule has 3 N–H and O–H groups in total. The minimum atomic E-state index is -4.42. The van der Waals surface area contributed by atoms with E-state index < -0.39 is 17.8 Å². The summed E-state index contributed by atoms with van der Waals surface area (Å²) in [5.74, 6) is 0.754. The van der Waals surface area contributed by atoms with Crippen LogP contribution in [0.15, 0.2) is 46.6 Å². The van der Waals surface area contributed by atoms with Gasteiger partial charge in [0.15, 0.2) is 5.13 Å². The maximum atomic E-state index is 12.6. The molecule has 0 unspecified atom stereocenters. The molecule has 0 atom stereocenters. The topological polar surface area (TPSA) is 91.8 Å². The standard InChI is InChI=1S/C19H14BrF3N6OS2/c20-14-7-13-15(32-14)16(27-9-26-13)24-6-5-12-8-25-18(31-12)29-17(30)28-11-3-1-10(2-4-11)19(21,22)23/h1-4,7-9H,5-6H2,(H,24,26,27)(H2,25,28,29,30). The monoisotopic (exact) mass is 542 g/mol. The highest BCUT2D eigenvalue weighted by molar-refractivity contribution is 9.11. The summed E-state index contributed by atoms with van der Waals surface area (Å²) in [6.45, 7) is 0.612. The Kier molecular flexibility index (Phi) is 6.58. The van der Waals surface area contributed by atoms with Crippen LogP contribution in [0.1, 0.15) is 10.4 Å². The zero-order valence-corrected chi connectivity index (χ0v) is 19.3. The van der Waals surface area contributed by atoms with Crippen LogP contribution in [0, 0.1) is 0 Å². The first-order chi connectivity index (χ1) is 15.3. The molecule has 0 fully saturated rings. The van der Waals surface area contributed by atoms with Gasteiger partial charge in [-0.2, -0.15) is 13.2 Å². The number of alkyl halides is 3. The van der Waals surface area contributed by atoms with E-state index in [9.17, 15) is 18.0 Å². The molecule has 32 heavy (non-hydrogen) atoms. The largest absolute Gasteiger partial charge is 0.416 e. The Balaban J connectivity index is 1.28. The van der Waals surface area contributed by atoms with Crippen LogP contribution in [0.3, 0.4) is 0 Å². The van der Waals surface area contributed by atoms with Gasteiger partial charge in [0.25, 0.3) is 0 Å². The van der Waals surface area contributed by atoms with Gasteiger partial charge < -0.3 is 10.6 Å². The quantitative estimate of drug-likeness (QED) is 0.268. The van der Waals surface area contributed by atoms with Crippen molar-refractivity contribution in [1.82, 2.24) is 15.0 Å². The number of rotatable bonds is 6. The van der Waals surface area contributed by atoms with Crippen molar-refractivity contribution < 1.29 is 18.0 Å². The second-order valence-corrected chi connectivity index (χ2v) is 10.00. The second kappa shape index (κ2) is 9.38. The third-order valence-electron chi connectivity index (χ3n) is 4.19. The normalized spacial score (nSPS) is 11.5. The first-order valence-corrected chi connectivity index (χ1v) is 11.5. The Hall–Kier alpha value is -2.77. The fourth-order valence-corrected chi connectivity index (χ4v) is 5.05. The Labute approximate surface area is 196 Å². The molecule has 0 radical (unpaired) electrons. The van der Waals surface area contributed by atoms with E-state index >= 15 is 0 Å². The fraction of sp³-hybridized carbons (Fsp3) is 0.158. The number of benzene rings is 1. The van der Waals surface area contributed by atoms with Gasteiger partial charge in [0.2, 0.25) is 0 Å². The van der Waals surface area contributed by atoms with Crippen LogP contribution in [-0.4, -0.2) is 27.5 Å². The molecule has 166 valence electrons. The number of thiazole rings is 1. The van der Waals surface area contributed by atoms with E-state index in [1.807, 2.05) is 6.07 Å². The Morgan fingerprint density at radius 1 is 1.06 bits per heavy atom. The number of amides is 2. The van der Waals surface area contributed by atoms with Crippen molar-refractivity contribution in [3.05, 3.63) is 57.1 Å². The van der Waals surface area contributed by atoms with E-state index in [1.54, 1.807) is 17.5 Å². The molecule has 13 heteroatoms. The van der Waals surface area contributed by atoms with E-state index in [4.69, 9.17) is 0 Å². The number of carbonyl (C=O) groups is 1. The van der Waals surface area contributed by atoms with Gasteiger partial charge in [-0.05, 0) is 46.3 Å². The highest BCUT2D eigenvalue weighted by Gasteiger charge is 2.30. The summed E-state index contributed by atoms with van der Waals surface area (Å²) in [5.41, 5.74) is 0.326. The van der Waals surface area contributed by atoms with Crippen LogP contribution in [-0.2, 0) is 12.6 Å². The zero-order chi connectivity index (χ0) is 22.7. The molecule has 0 aliphatic rings. The Bertz CT molecular complexity index is 1240. The number of urea groups is 1. The molecular weight excluding hydrogens is 529 g/mol. The Morgan fingerprint density at radius 3 is 2.59 bits per heavy atom. The van der Waals surface area contributed by atoms with Crippen LogP contribution >= 0.6 is 38.6 Å². The summed E-state index contributed by atoms with van der Waals surface area (Å²) in [5, 5.41) is 8.73. The van der Waals surface area contributed by atoms with Gasteiger partial charge in [0.1, 0.15) is 12.1 Å². The molecule has 3 aromatic heterocycles. The lowest BCUT2D eigenvalue weighted by molar-refractivity contribution is -0.137. The lowest BCUT2D eigenvalue weighted by atomic mass is 10.2. The van der Waals surface area contributed by atoms with Gasteiger partial charge >= 0.3 is 12.2 Å². The number of aromatic nitrogens is 3. The van der Waals surface area contributed by atoms with E-state index in [2.05, 4.69) is 46.8 Å². The van der Waals surface area contributed by atoms with Gasteiger partial charge in [-0.15, -0.1) is 22.7 Å². The lowest BCUT2D eigenvalue weighted by Crippen LogP contribution is -2.19. The van der Waals surface area contributed by atoms with Gasteiger partial charge in [0, 0.05) is 29.7 Å². The number of thiophene rings is 1. The minimum absolute atomic E-state index is 0.243. The molecule has 0 saturated carbocycles. The molecule has 0 spiro atoms. The summed E-state index contributed by atoms with van der Waals surface area (Å²) in [7, 11) is 0. The first-order valence-electron chi connectivity index (χ1n) is 9.12. The van der Waals surface area contributed by atoms with Crippen molar-refractivity contribution in [3.8, 4) is 0 Å². The van der Waals surface area contributed by atoms with Gasteiger partial charge in [0.05, 0.1) is 19.6 Å². The molecule has 2 amide bonds. The highest BCUT2D eigenvalue weighted by Crippen LogP contribution is 2.32. The number of anilines is 3. The van der Waals surface area contributed by atoms with Crippen LogP contribution in [0.4, 0.5) is 34.6 Å². The number of hydrogen-bond donors (Lipinski definition) is 3. The first kappa shape index (κ1) is 22.4. The molecule has 0 bridgehead atoms. The maximum Gasteiger partial charge on any atom is 0.416 e. The van der Waals surface area contributed by atoms with Crippen molar-refractivity contribution in [2.24, 2.45) is 0 Å². The summed E-state index contributed by atoms with van der Waals surface area (Å²) >= 11 is 6.31. The lowest BCUT2D eigenvalue weighted by Gasteiger charge is -2.08. The van der Waals surface area contributed by atoms with Crippen molar-refractivity contribution in [2.45, 2.75) is 12.6 Å². The molecule has 4 aromatic rings. The van der Waals surface area contributed by atoms with Crippen LogP contribution < -0.4 is 16.0 Å². The van der Waals surface area contributed by atoms with Crippen LogP contribution in [0.5, 0.6) is 0 Å². The number of nitrogens with zero attached hydrogens (tertiary/aromatic N) is 3. The van der Waals surface area contributed by atoms with Crippen LogP contribution in [0.2, 0.25) is 0 Å². The number of fused-ring (bicyclic) bond motifs is 1. The predicted octanol–water partition coefficient (Wildman–Crippen LogP) is 6.23. The summed E-state index contributed by atoms with van der Waals surface area (Å²) < 4.78 is 39.8. The number of hydrogen-bond acceptors (Lipinski definition) is 7. The minimum Gasteiger partial charge on any atom is -0.368 e. The average molecular weight is 543 g/mol. The van der Waals surface area contributed by atoms with Gasteiger partial charge in [-0.3, -0.25) is 5.32 Å². The summed E-state index contributed by atoms with van der Waals surface area (Å²) in [4.78, 5) is 25.7. The van der Waals surface area contributed by atoms with E-state index in [0.29, 0.717) is 18.1 Å².